The number of rotatable bonds is 3. The molecule has 2 aromatic rings. The van der Waals surface area contributed by atoms with Gasteiger partial charge in [0.1, 0.15) is 11.6 Å². The predicted molar refractivity (Wildman–Crippen MR) is 87.3 cm³/mol. The number of hydrogen-bond acceptors (Lipinski definition) is 1. The highest BCUT2D eigenvalue weighted by atomic mass is 79.9. The summed E-state index contributed by atoms with van der Waals surface area (Å²) in [5, 5.41) is 0. The van der Waals surface area contributed by atoms with Crippen LogP contribution in [0.2, 0.25) is 0 Å². The number of benzene rings is 2. The fraction of sp³-hybridized carbons (Fsp3) is 0.250. The van der Waals surface area contributed by atoms with Crippen molar-refractivity contribution in [2.24, 2.45) is 0 Å². The minimum atomic E-state index is -0.203. The predicted octanol–water partition coefficient (Wildman–Crippen LogP) is 5.70. The second-order valence-electron chi connectivity index (χ2n) is 4.70. The standard InChI is InChI=1S/C16H15Br2FO/c1-9-6-12(19)7-10(2)15(9)16(18)13-5-4-11(17)8-14(13)20-3/h4-8,16H,1-3H3. The maximum atomic E-state index is 13.4. The monoisotopic (exact) mass is 400 g/mol. The average Bonchev–Trinajstić information content (AvgIpc) is 2.37. The summed E-state index contributed by atoms with van der Waals surface area (Å²) < 4.78 is 19.8. The van der Waals surface area contributed by atoms with E-state index in [1.807, 2.05) is 32.0 Å². The van der Waals surface area contributed by atoms with E-state index in [9.17, 15) is 4.39 Å². The van der Waals surface area contributed by atoms with Crippen molar-refractivity contribution in [1.82, 2.24) is 0 Å². The molecule has 2 rings (SSSR count). The molecule has 20 heavy (non-hydrogen) atoms. The molecule has 0 saturated heterocycles. The SMILES string of the molecule is COc1cc(Br)ccc1C(Br)c1c(C)cc(F)cc1C. The number of hydrogen-bond donors (Lipinski definition) is 0. The number of aryl methyl sites for hydroxylation is 2. The molecule has 0 N–H and O–H groups in total. The van der Waals surface area contributed by atoms with Gasteiger partial charge < -0.3 is 4.74 Å². The van der Waals surface area contributed by atoms with Crippen LogP contribution in [0.15, 0.2) is 34.8 Å². The lowest BCUT2D eigenvalue weighted by molar-refractivity contribution is 0.410. The molecule has 0 fully saturated rings. The molecule has 1 nitrogen and oxygen atoms in total. The molecule has 2 aromatic carbocycles. The van der Waals surface area contributed by atoms with Crippen molar-refractivity contribution in [3.63, 3.8) is 0 Å². The van der Waals surface area contributed by atoms with Gasteiger partial charge in [-0.3, -0.25) is 0 Å². The molecule has 0 spiro atoms. The van der Waals surface area contributed by atoms with E-state index in [0.717, 1.165) is 32.5 Å². The van der Waals surface area contributed by atoms with E-state index < -0.39 is 0 Å². The molecule has 0 aromatic heterocycles. The van der Waals surface area contributed by atoms with Gasteiger partial charge in [0, 0.05) is 10.0 Å². The van der Waals surface area contributed by atoms with Crippen molar-refractivity contribution < 1.29 is 9.13 Å². The Hall–Kier alpha value is -0.870. The fourth-order valence-electron chi connectivity index (χ4n) is 2.37. The van der Waals surface area contributed by atoms with E-state index in [1.165, 1.54) is 0 Å². The highest BCUT2D eigenvalue weighted by Gasteiger charge is 2.19. The highest BCUT2D eigenvalue weighted by Crippen LogP contribution is 2.40. The molecule has 0 heterocycles. The minimum Gasteiger partial charge on any atom is -0.496 e. The van der Waals surface area contributed by atoms with Gasteiger partial charge in [-0.2, -0.15) is 0 Å². The zero-order valence-electron chi connectivity index (χ0n) is 11.5. The topological polar surface area (TPSA) is 9.23 Å². The van der Waals surface area contributed by atoms with Crippen LogP contribution in [0.25, 0.3) is 0 Å². The normalized spacial score (nSPS) is 12.3. The summed E-state index contributed by atoms with van der Waals surface area (Å²) in [6.45, 7) is 3.84. The van der Waals surface area contributed by atoms with Crippen molar-refractivity contribution in [2.75, 3.05) is 7.11 Å². The van der Waals surface area contributed by atoms with Gasteiger partial charge in [-0.25, -0.2) is 4.39 Å². The van der Waals surface area contributed by atoms with Gasteiger partial charge in [0.2, 0.25) is 0 Å². The third-order valence-corrected chi connectivity index (χ3v) is 4.72. The average molecular weight is 402 g/mol. The van der Waals surface area contributed by atoms with Crippen molar-refractivity contribution >= 4 is 31.9 Å². The molecule has 0 radical (unpaired) electrons. The maximum absolute atomic E-state index is 13.4. The molecule has 4 heteroatoms. The number of halogens is 3. The van der Waals surface area contributed by atoms with Gasteiger partial charge in [-0.15, -0.1) is 0 Å². The van der Waals surface area contributed by atoms with Gasteiger partial charge >= 0.3 is 0 Å². The molecule has 0 bridgehead atoms. The van der Waals surface area contributed by atoms with Crippen LogP contribution in [-0.4, -0.2) is 7.11 Å². The van der Waals surface area contributed by atoms with Crippen LogP contribution in [0.4, 0.5) is 4.39 Å². The van der Waals surface area contributed by atoms with Gasteiger partial charge in [-0.05, 0) is 54.8 Å². The Morgan fingerprint density at radius 3 is 2.25 bits per heavy atom. The summed E-state index contributed by atoms with van der Waals surface area (Å²) in [6.07, 6.45) is 0. The molecule has 106 valence electrons. The van der Waals surface area contributed by atoms with E-state index in [2.05, 4.69) is 31.9 Å². The van der Waals surface area contributed by atoms with E-state index >= 15 is 0 Å². The summed E-state index contributed by atoms with van der Waals surface area (Å²) in [5.74, 6) is 0.593. The van der Waals surface area contributed by atoms with E-state index in [4.69, 9.17) is 4.74 Å². The lowest BCUT2D eigenvalue weighted by Gasteiger charge is -2.19. The summed E-state index contributed by atoms with van der Waals surface area (Å²) in [5.41, 5.74) is 3.95. The van der Waals surface area contributed by atoms with Crippen molar-refractivity contribution in [3.8, 4) is 5.75 Å². The first-order valence-corrected chi connectivity index (χ1v) is 7.89. The quantitative estimate of drug-likeness (QED) is 0.599. The molecule has 0 saturated carbocycles. The molecule has 1 atom stereocenters. The van der Waals surface area contributed by atoms with Crippen LogP contribution in [0, 0.1) is 19.7 Å². The second-order valence-corrected chi connectivity index (χ2v) is 6.53. The van der Waals surface area contributed by atoms with E-state index in [0.29, 0.717) is 0 Å². The highest BCUT2D eigenvalue weighted by molar-refractivity contribution is 9.10. The zero-order chi connectivity index (χ0) is 14.9. The summed E-state index contributed by atoms with van der Waals surface area (Å²) in [4.78, 5) is -0.0360. The molecule has 0 aliphatic rings. The summed E-state index contributed by atoms with van der Waals surface area (Å²) >= 11 is 7.15. The first kappa shape index (κ1) is 15.5. The first-order chi connectivity index (χ1) is 9.43. The van der Waals surface area contributed by atoms with Crippen LogP contribution in [0.1, 0.15) is 27.1 Å². The summed E-state index contributed by atoms with van der Waals surface area (Å²) in [6, 6.07) is 9.02. The van der Waals surface area contributed by atoms with Gasteiger partial charge in [0.15, 0.2) is 0 Å². The van der Waals surface area contributed by atoms with Crippen LogP contribution in [-0.2, 0) is 0 Å². The molecular weight excluding hydrogens is 387 g/mol. The van der Waals surface area contributed by atoms with Crippen molar-refractivity contribution in [1.29, 1.82) is 0 Å². The Morgan fingerprint density at radius 2 is 1.70 bits per heavy atom. The number of alkyl halides is 1. The van der Waals surface area contributed by atoms with Gasteiger partial charge in [0.25, 0.3) is 0 Å². The van der Waals surface area contributed by atoms with E-state index in [1.54, 1.807) is 19.2 Å². The Morgan fingerprint density at radius 1 is 1.10 bits per heavy atom. The number of ether oxygens (including phenoxy) is 1. The Balaban J connectivity index is 2.54. The largest absolute Gasteiger partial charge is 0.496 e. The molecule has 0 amide bonds. The van der Waals surface area contributed by atoms with Crippen molar-refractivity contribution in [3.05, 3.63) is 62.9 Å². The van der Waals surface area contributed by atoms with E-state index in [-0.39, 0.29) is 10.6 Å². The minimum absolute atomic E-state index is 0.0360. The molecule has 0 aliphatic heterocycles. The molecule has 0 aliphatic carbocycles. The Labute approximate surface area is 135 Å². The third-order valence-electron chi connectivity index (χ3n) is 3.28. The van der Waals surface area contributed by atoms with Crippen LogP contribution in [0.3, 0.4) is 0 Å². The Bertz CT molecular complexity index is 617. The van der Waals surface area contributed by atoms with Gasteiger partial charge in [0.05, 0.1) is 11.9 Å². The second kappa shape index (κ2) is 6.27. The first-order valence-electron chi connectivity index (χ1n) is 6.18. The molecular formula is C16H15Br2FO. The van der Waals surface area contributed by atoms with Crippen LogP contribution in [0.5, 0.6) is 5.75 Å². The Kier molecular flexibility index (Phi) is 4.86. The lowest BCUT2D eigenvalue weighted by atomic mass is 9.95. The maximum Gasteiger partial charge on any atom is 0.124 e. The smallest absolute Gasteiger partial charge is 0.124 e. The van der Waals surface area contributed by atoms with Crippen molar-refractivity contribution in [2.45, 2.75) is 18.7 Å². The van der Waals surface area contributed by atoms with Crippen LogP contribution < -0.4 is 4.74 Å². The number of methoxy groups -OCH3 is 1. The molecule has 1 unspecified atom stereocenters. The zero-order valence-corrected chi connectivity index (χ0v) is 14.7. The van der Waals surface area contributed by atoms with Crippen LogP contribution >= 0.6 is 31.9 Å². The lowest BCUT2D eigenvalue weighted by Crippen LogP contribution is -2.02. The fourth-order valence-corrected chi connectivity index (χ4v) is 3.81. The summed E-state index contributed by atoms with van der Waals surface area (Å²) in [7, 11) is 1.65. The third kappa shape index (κ3) is 3.07. The van der Waals surface area contributed by atoms with Gasteiger partial charge in [-0.1, -0.05) is 37.9 Å².